The van der Waals surface area contributed by atoms with E-state index in [0.717, 1.165) is 54.6 Å². The van der Waals surface area contributed by atoms with E-state index in [-0.39, 0.29) is 6.09 Å². The summed E-state index contributed by atoms with van der Waals surface area (Å²) in [5, 5.41) is 17.8. The Morgan fingerprint density at radius 2 is 2.08 bits per heavy atom. The molecule has 9 nitrogen and oxygen atoms in total. The van der Waals surface area contributed by atoms with Crippen LogP contribution in [0.4, 0.5) is 4.79 Å². The topological polar surface area (TPSA) is 102 Å². The van der Waals surface area contributed by atoms with Crippen LogP contribution in [0.25, 0.3) is 16.7 Å². The smallest absolute Gasteiger partial charge is 0.410 e. The highest BCUT2D eigenvalue weighted by Crippen LogP contribution is 2.41. The van der Waals surface area contributed by atoms with Crippen LogP contribution in [0.5, 0.6) is 0 Å². The Labute approximate surface area is 208 Å². The Hall–Kier alpha value is -4.19. The summed E-state index contributed by atoms with van der Waals surface area (Å²) in [7, 11) is 0. The van der Waals surface area contributed by atoms with E-state index in [0.29, 0.717) is 24.6 Å². The van der Waals surface area contributed by atoms with Crippen LogP contribution in [0.1, 0.15) is 42.5 Å². The van der Waals surface area contributed by atoms with Crippen molar-refractivity contribution in [1.82, 2.24) is 29.4 Å². The van der Waals surface area contributed by atoms with Gasteiger partial charge in [-0.1, -0.05) is 22.9 Å². The average Bonchev–Trinajstić information content (AvgIpc) is 3.58. The number of rotatable bonds is 5. The third kappa shape index (κ3) is 4.19. The number of aromatic nitrogens is 5. The first kappa shape index (κ1) is 22.3. The zero-order valence-corrected chi connectivity index (χ0v) is 20.2. The van der Waals surface area contributed by atoms with E-state index in [1.807, 2.05) is 55.8 Å². The molecule has 6 rings (SSSR count). The SMILES string of the molecule is Cc1ccc(-n2cc(CN3C[C@@]4(CCC[C@H](Cn5cnc6ccc(C#N)cc65)C4)OC3=O)nn2)cc1. The van der Waals surface area contributed by atoms with Crippen LogP contribution < -0.4 is 0 Å². The Kier molecular flexibility index (Phi) is 5.44. The predicted octanol–water partition coefficient (Wildman–Crippen LogP) is 4.38. The largest absolute Gasteiger partial charge is 0.441 e. The van der Waals surface area contributed by atoms with Gasteiger partial charge in [-0.2, -0.15) is 5.26 Å². The Morgan fingerprint density at radius 1 is 1.22 bits per heavy atom. The van der Waals surface area contributed by atoms with Gasteiger partial charge in [0.15, 0.2) is 0 Å². The van der Waals surface area contributed by atoms with Gasteiger partial charge >= 0.3 is 6.09 Å². The zero-order valence-electron chi connectivity index (χ0n) is 20.2. The van der Waals surface area contributed by atoms with Crippen LogP contribution in [-0.2, 0) is 17.8 Å². The maximum atomic E-state index is 12.8. The fourth-order valence-electron chi connectivity index (χ4n) is 5.59. The van der Waals surface area contributed by atoms with Gasteiger partial charge in [-0.3, -0.25) is 4.90 Å². The summed E-state index contributed by atoms with van der Waals surface area (Å²) in [5.41, 5.74) is 4.86. The van der Waals surface area contributed by atoms with Crippen LogP contribution >= 0.6 is 0 Å². The molecule has 1 aliphatic heterocycles. The molecule has 2 aromatic heterocycles. The molecule has 0 radical (unpaired) electrons. The van der Waals surface area contributed by atoms with Crippen molar-refractivity contribution in [2.24, 2.45) is 5.92 Å². The molecule has 1 aliphatic carbocycles. The quantitative estimate of drug-likeness (QED) is 0.419. The second-order valence-electron chi connectivity index (χ2n) is 10.1. The van der Waals surface area contributed by atoms with E-state index < -0.39 is 5.60 Å². The second kappa shape index (κ2) is 8.79. The third-order valence-electron chi connectivity index (χ3n) is 7.34. The molecule has 2 fully saturated rings. The molecule has 36 heavy (non-hydrogen) atoms. The zero-order chi connectivity index (χ0) is 24.7. The Bertz CT molecular complexity index is 1470. The van der Waals surface area contributed by atoms with Gasteiger partial charge in [0.25, 0.3) is 0 Å². The lowest BCUT2D eigenvalue weighted by Crippen LogP contribution is -2.40. The molecule has 3 heterocycles. The maximum Gasteiger partial charge on any atom is 0.410 e. The van der Waals surface area contributed by atoms with E-state index >= 15 is 0 Å². The van der Waals surface area contributed by atoms with Crippen molar-refractivity contribution < 1.29 is 9.53 Å². The van der Waals surface area contributed by atoms with Crippen LogP contribution in [0.2, 0.25) is 0 Å². The molecule has 0 bridgehead atoms. The molecule has 2 aliphatic rings. The molecule has 1 saturated heterocycles. The number of fused-ring (bicyclic) bond motifs is 1. The number of carbonyl (C=O) groups excluding carboxylic acids is 1. The van der Waals surface area contributed by atoms with Gasteiger partial charge in [0, 0.05) is 6.54 Å². The first-order valence-electron chi connectivity index (χ1n) is 12.3. The van der Waals surface area contributed by atoms with Crippen LogP contribution in [0, 0.1) is 24.2 Å². The maximum absolute atomic E-state index is 12.8. The van der Waals surface area contributed by atoms with Crippen molar-refractivity contribution in [3.63, 3.8) is 0 Å². The van der Waals surface area contributed by atoms with Crippen molar-refractivity contribution in [3.05, 3.63) is 71.8 Å². The summed E-state index contributed by atoms with van der Waals surface area (Å²) in [6, 6.07) is 15.8. The number of carbonyl (C=O) groups is 1. The fourth-order valence-corrected chi connectivity index (χ4v) is 5.59. The Balaban J connectivity index is 1.14. The number of amides is 1. The summed E-state index contributed by atoms with van der Waals surface area (Å²) < 4.78 is 9.87. The lowest BCUT2D eigenvalue weighted by molar-refractivity contribution is 0.00415. The highest BCUT2D eigenvalue weighted by Gasteiger charge is 2.48. The number of imidazole rings is 1. The Morgan fingerprint density at radius 3 is 2.92 bits per heavy atom. The van der Waals surface area contributed by atoms with Gasteiger partial charge in [0.05, 0.1) is 54.0 Å². The van der Waals surface area contributed by atoms with Gasteiger partial charge < -0.3 is 9.30 Å². The third-order valence-corrected chi connectivity index (χ3v) is 7.34. The van der Waals surface area contributed by atoms with Gasteiger partial charge in [0.2, 0.25) is 0 Å². The monoisotopic (exact) mass is 481 g/mol. The van der Waals surface area contributed by atoms with E-state index in [1.54, 1.807) is 15.6 Å². The minimum Gasteiger partial charge on any atom is -0.441 e. The number of nitriles is 1. The molecule has 182 valence electrons. The van der Waals surface area contributed by atoms with Crippen LogP contribution in [-0.4, -0.2) is 47.7 Å². The summed E-state index contributed by atoms with van der Waals surface area (Å²) in [6.07, 6.45) is 7.18. The van der Waals surface area contributed by atoms with Gasteiger partial charge in [-0.15, -0.1) is 5.10 Å². The van der Waals surface area contributed by atoms with Crippen molar-refractivity contribution in [1.29, 1.82) is 5.26 Å². The summed E-state index contributed by atoms with van der Waals surface area (Å²) in [6.45, 7) is 3.77. The van der Waals surface area contributed by atoms with E-state index in [9.17, 15) is 10.1 Å². The number of aryl methyl sites for hydroxylation is 1. The number of hydrogen-bond donors (Lipinski definition) is 0. The van der Waals surface area contributed by atoms with Crippen molar-refractivity contribution >= 4 is 17.1 Å². The van der Waals surface area contributed by atoms with Crippen molar-refractivity contribution in [3.8, 4) is 11.8 Å². The molecule has 4 aromatic rings. The average molecular weight is 482 g/mol. The molecule has 2 atom stereocenters. The summed E-state index contributed by atoms with van der Waals surface area (Å²) >= 11 is 0. The minimum atomic E-state index is -0.471. The standard InChI is InChI=1S/C27H27N7O2/c1-19-4-7-23(8-5-19)34-16-22(30-31-34)15-32-17-27(36-26(32)35)10-2-3-21(12-27)14-33-18-29-24-9-6-20(13-28)11-25(24)33/h4-9,11,16,18,21H,2-3,10,12,14-15,17H2,1H3/t21-,27-/m0/s1. The summed E-state index contributed by atoms with van der Waals surface area (Å²) in [5.74, 6) is 0.358. The first-order valence-corrected chi connectivity index (χ1v) is 12.3. The molecular formula is C27H27N7O2. The fraction of sp³-hybridized carbons (Fsp3) is 0.370. The lowest BCUT2D eigenvalue weighted by Gasteiger charge is -2.36. The molecule has 0 unspecified atom stereocenters. The van der Waals surface area contributed by atoms with Crippen molar-refractivity contribution in [2.45, 2.75) is 51.3 Å². The summed E-state index contributed by atoms with van der Waals surface area (Å²) in [4.78, 5) is 19.1. The molecule has 9 heteroatoms. The van der Waals surface area contributed by atoms with Gasteiger partial charge in [-0.05, 0) is 68.9 Å². The normalized spacial score (nSPS) is 21.7. The molecule has 0 N–H and O–H groups in total. The van der Waals surface area contributed by atoms with Crippen molar-refractivity contribution in [2.75, 3.05) is 6.54 Å². The lowest BCUT2D eigenvalue weighted by atomic mass is 9.78. The second-order valence-corrected chi connectivity index (χ2v) is 10.1. The molecule has 1 spiro atoms. The van der Waals surface area contributed by atoms with Gasteiger partial charge in [0.1, 0.15) is 11.3 Å². The number of hydrogen-bond acceptors (Lipinski definition) is 6. The number of benzene rings is 2. The molecule has 1 amide bonds. The molecule has 2 aromatic carbocycles. The first-order chi connectivity index (χ1) is 17.5. The van der Waals surface area contributed by atoms with Crippen LogP contribution in [0.15, 0.2) is 55.0 Å². The minimum absolute atomic E-state index is 0.285. The van der Waals surface area contributed by atoms with E-state index in [1.165, 1.54) is 5.56 Å². The van der Waals surface area contributed by atoms with Crippen LogP contribution in [0.3, 0.4) is 0 Å². The highest BCUT2D eigenvalue weighted by molar-refractivity contribution is 5.77. The molecule has 1 saturated carbocycles. The molecular weight excluding hydrogens is 454 g/mol. The van der Waals surface area contributed by atoms with Gasteiger partial charge in [-0.25, -0.2) is 14.5 Å². The highest BCUT2D eigenvalue weighted by atomic mass is 16.6. The van der Waals surface area contributed by atoms with E-state index in [2.05, 4.69) is 25.9 Å². The predicted molar refractivity (Wildman–Crippen MR) is 132 cm³/mol. The number of nitrogens with zero attached hydrogens (tertiary/aromatic N) is 7. The van der Waals surface area contributed by atoms with E-state index in [4.69, 9.17) is 4.74 Å². The number of ether oxygens (including phenoxy) is 1.